The van der Waals surface area contributed by atoms with Crippen molar-refractivity contribution in [3.63, 3.8) is 0 Å². The molecule has 0 atom stereocenters. The first-order valence-corrected chi connectivity index (χ1v) is 8.69. The Morgan fingerprint density at radius 3 is 2.56 bits per heavy atom. The number of rotatable bonds is 4. The van der Waals surface area contributed by atoms with Crippen molar-refractivity contribution in [2.45, 2.75) is 13.5 Å². The molecule has 25 heavy (non-hydrogen) atoms. The summed E-state index contributed by atoms with van der Waals surface area (Å²) in [5.41, 5.74) is 2.51. The van der Waals surface area contributed by atoms with Crippen LogP contribution in [-0.4, -0.2) is 52.1 Å². The first kappa shape index (κ1) is 16.1. The van der Waals surface area contributed by atoms with Gasteiger partial charge in [-0.25, -0.2) is 9.67 Å². The first-order chi connectivity index (χ1) is 12.2. The molecule has 2 aromatic heterocycles. The van der Waals surface area contributed by atoms with Gasteiger partial charge in [-0.15, -0.1) is 0 Å². The summed E-state index contributed by atoms with van der Waals surface area (Å²) >= 11 is 0. The maximum Gasteiger partial charge on any atom is 0.280 e. The summed E-state index contributed by atoms with van der Waals surface area (Å²) in [5, 5.41) is 0.663. The van der Waals surface area contributed by atoms with E-state index < -0.39 is 0 Å². The molecule has 0 N–H and O–H groups in total. The lowest BCUT2D eigenvalue weighted by molar-refractivity contribution is 0.0358. The van der Waals surface area contributed by atoms with Crippen LogP contribution < -0.4 is 5.56 Å². The average Bonchev–Trinajstić information content (AvgIpc) is 2.93. The van der Waals surface area contributed by atoms with Crippen molar-refractivity contribution in [3.8, 4) is 5.69 Å². The fourth-order valence-electron chi connectivity index (χ4n) is 3.32. The third kappa shape index (κ3) is 3.10. The molecule has 0 aliphatic carbocycles. The Bertz CT molecular complexity index is 924. The van der Waals surface area contributed by atoms with E-state index in [0.717, 1.165) is 49.9 Å². The first-order valence-electron chi connectivity index (χ1n) is 8.69. The second-order valence-corrected chi connectivity index (χ2v) is 6.35. The second-order valence-electron chi connectivity index (χ2n) is 6.35. The maximum absolute atomic E-state index is 13.0. The fraction of sp³-hybridized carbons (Fsp3) is 0.368. The van der Waals surface area contributed by atoms with Gasteiger partial charge in [-0.3, -0.25) is 14.4 Å². The lowest BCUT2D eigenvalue weighted by atomic mass is 10.3. The summed E-state index contributed by atoms with van der Waals surface area (Å²) in [5.74, 6) is 0. The van der Waals surface area contributed by atoms with Crippen LogP contribution in [0.5, 0.6) is 0 Å². The van der Waals surface area contributed by atoms with Crippen LogP contribution in [0.1, 0.15) is 5.69 Å². The van der Waals surface area contributed by atoms with Crippen molar-refractivity contribution >= 4 is 11.0 Å². The highest BCUT2D eigenvalue weighted by molar-refractivity contribution is 5.75. The van der Waals surface area contributed by atoms with Gasteiger partial charge in [0.05, 0.1) is 30.8 Å². The Labute approximate surface area is 146 Å². The van der Waals surface area contributed by atoms with E-state index in [1.807, 2.05) is 54.1 Å². The molecular formula is C19H22N4O2. The van der Waals surface area contributed by atoms with Crippen molar-refractivity contribution in [2.24, 2.45) is 0 Å². The third-order valence-electron chi connectivity index (χ3n) is 4.66. The van der Waals surface area contributed by atoms with Crippen molar-refractivity contribution in [2.75, 3.05) is 32.8 Å². The van der Waals surface area contributed by atoms with Crippen LogP contribution in [-0.2, 0) is 11.3 Å². The average molecular weight is 338 g/mol. The molecule has 0 unspecified atom stereocenters. The predicted octanol–water partition coefficient (Wildman–Crippen LogP) is 1.83. The zero-order chi connectivity index (χ0) is 17.2. The summed E-state index contributed by atoms with van der Waals surface area (Å²) in [7, 11) is 0. The van der Waals surface area contributed by atoms with Gasteiger partial charge in [0, 0.05) is 25.3 Å². The number of para-hydroxylation sites is 1. The molecule has 0 spiro atoms. The van der Waals surface area contributed by atoms with Gasteiger partial charge in [-0.05, 0) is 31.2 Å². The van der Waals surface area contributed by atoms with E-state index in [9.17, 15) is 4.79 Å². The van der Waals surface area contributed by atoms with Crippen LogP contribution in [0.3, 0.4) is 0 Å². The molecule has 130 valence electrons. The number of morpholine rings is 1. The van der Waals surface area contributed by atoms with Crippen LogP contribution in [0.25, 0.3) is 16.7 Å². The van der Waals surface area contributed by atoms with Gasteiger partial charge >= 0.3 is 0 Å². The number of nitrogens with zero attached hydrogens (tertiary/aromatic N) is 4. The molecule has 1 aliphatic heterocycles. The number of aryl methyl sites for hydroxylation is 1. The predicted molar refractivity (Wildman–Crippen MR) is 97.3 cm³/mol. The molecule has 1 aromatic carbocycles. The highest BCUT2D eigenvalue weighted by atomic mass is 16.5. The fourth-order valence-corrected chi connectivity index (χ4v) is 3.32. The van der Waals surface area contributed by atoms with Crippen LogP contribution in [0.15, 0.2) is 47.3 Å². The molecule has 0 saturated carbocycles. The minimum atomic E-state index is -0.0179. The minimum Gasteiger partial charge on any atom is -0.379 e. The molecule has 4 rings (SSSR count). The number of pyridine rings is 1. The van der Waals surface area contributed by atoms with Crippen molar-refractivity contribution < 1.29 is 4.74 Å². The SMILES string of the molecule is Cc1ccc2c(=O)n(-c3ccccc3)n(CCN3CCOCC3)c2n1. The molecule has 0 bridgehead atoms. The largest absolute Gasteiger partial charge is 0.379 e. The van der Waals surface area contributed by atoms with E-state index >= 15 is 0 Å². The van der Waals surface area contributed by atoms with Crippen LogP contribution in [0.2, 0.25) is 0 Å². The van der Waals surface area contributed by atoms with Crippen molar-refractivity contribution in [3.05, 3.63) is 58.5 Å². The molecule has 1 fully saturated rings. The van der Waals surface area contributed by atoms with E-state index in [2.05, 4.69) is 9.88 Å². The lowest BCUT2D eigenvalue weighted by Gasteiger charge is -2.27. The summed E-state index contributed by atoms with van der Waals surface area (Å²) in [4.78, 5) is 20.0. The summed E-state index contributed by atoms with van der Waals surface area (Å²) < 4.78 is 9.18. The zero-order valence-electron chi connectivity index (χ0n) is 14.4. The van der Waals surface area contributed by atoms with Crippen molar-refractivity contribution in [1.29, 1.82) is 0 Å². The molecule has 3 heterocycles. The molecule has 0 amide bonds. The second kappa shape index (κ2) is 6.82. The summed E-state index contributed by atoms with van der Waals surface area (Å²) in [6.07, 6.45) is 0. The van der Waals surface area contributed by atoms with Gasteiger partial charge < -0.3 is 4.74 Å². The normalized spacial score (nSPS) is 15.7. The smallest absolute Gasteiger partial charge is 0.280 e. The standard InChI is InChI=1S/C19H22N4O2/c1-15-7-8-17-18(20-15)22(10-9-21-11-13-25-14-12-21)23(19(17)24)16-5-3-2-4-6-16/h2-8H,9-14H2,1H3. The van der Waals surface area contributed by atoms with Crippen LogP contribution in [0.4, 0.5) is 0 Å². The monoisotopic (exact) mass is 338 g/mol. The summed E-state index contributed by atoms with van der Waals surface area (Å²) in [6.45, 7) is 6.95. The molecule has 0 radical (unpaired) electrons. The van der Waals surface area contributed by atoms with Gasteiger partial charge in [-0.2, -0.15) is 0 Å². The highest BCUT2D eigenvalue weighted by Gasteiger charge is 2.17. The Balaban J connectivity index is 1.79. The van der Waals surface area contributed by atoms with Crippen molar-refractivity contribution in [1.82, 2.24) is 19.2 Å². The van der Waals surface area contributed by atoms with E-state index in [4.69, 9.17) is 4.74 Å². The van der Waals surface area contributed by atoms with E-state index in [0.29, 0.717) is 11.9 Å². The van der Waals surface area contributed by atoms with Gasteiger partial charge in [0.15, 0.2) is 5.65 Å². The molecule has 3 aromatic rings. The topological polar surface area (TPSA) is 52.3 Å². The Kier molecular flexibility index (Phi) is 4.38. The zero-order valence-corrected chi connectivity index (χ0v) is 14.4. The molecule has 6 heteroatoms. The van der Waals surface area contributed by atoms with Crippen LogP contribution in [0, 0.1) is 6.92 Å². The Morgan fingerprint density at radius 2 is 1.80 bits per heavy atom. The van der Waals surface area contributed by atoms with E-state index in [-0.39, 0.29) is 5.56 Å². The Morgan fingerprint density at radius 1 is 1.04 bits per heavy atom. The summed E-state index contributed by atoms with van der Waals surface area (Å²) in [6, 6.07) is 13.5. The third-order valence-corrected chi connectivity index (χ3v) is 4.66. The van der Waals surface area contributed by atoms with Gasteiger partial charge in [0.1, 0.15) is 0 Å². The molecule has 6 nitrogen and oxygen atoms in total. The number of aromatic nitrogens is 3. The van der Waals surface area contributed by atoms with Gasteiger partial charge in [-0.1, -0.05) is 18.2 Å². The molecule has 1 aliphatic rings. The van der Waals surface area contributed by atoms with Gasteiger partial charge in [0.2, 0.25) is 0 Å². The molecular weight excluding hydrogens is 316 g/mol. The number of ether oxygens (including phenoxy) is 1. The maximum atomic E-state index is 13.0. The lowest BCUT2D eigenvalue weighted by Crippen LogP contribution is -2.39. The molecule has 1 saturated heterocycles. The number of hydrogen-bond acceptors (Lipinski definition) is 4. The van der Waals surface area contributed by atoms with Crippen LogP contribution >= 0.6 is 0 Å². The Hall–Kier alpha value is -2.44. The number of benzene rings is 1. The number of hydrogen-bond donors (Lipinski definition) is 0. The van der Waals surface area contributed by atoms with Gasteiger partial charge in [0.25, 0.3) is 5.56 Å². The van der Waals surface area contributed by atoms with E-state index in [1.165, 1.54) is 0 Å². The minimum absolute atomic E-state index is 0.0179. The quantitative estimate of drug-likeness (QED) is 0.728. The number of fused-ring (bicyclic) bond motifs is 1. The van der Waals surface area contributed by atoms with E-state index in [1.54, 1.807) is 4.68 Å². The highest BCUT2D eigenvalue weighted by Crippen LogP contribution is 2.14.